The summed E-state index contributed by atoms with van der Waals surface area (Å²) in [6, 6.07) is 15.5. The van der Waals surface area contributed by atoms with Gasteiger partial charge in [0.2, 0.25) is 11.8 Å². The highest BCUT2D eigenvalue weighted by Crippen LogP contribution is 2.19. The van der Waals surface area contributed by atoms with Crippen LogP contribution in [0.1, 0.15) is 56.7 Å². The van der Waals surface area contributed by atoms with Crippen LogP contribution in [0.25, 0.3) is 0 Å². The van der Waals surface area contributed by atoms with Crippen LogP contribution in [0.15, 0.2) is 48.5 Å². The molecule has 0 aliphatic rings. The third-order valence-electron chi connectivity index (χ3n) is 5.62. The third kappa shape index (κ3) is 7.42. The molecule has 2 aromatic carbocycles. The van der Waals surface area contributed by atoms with Crippen LogP contribution >= 0.6 is 0 Å². The van der Waals surface area contributed by atoms with E-state index in [-0.39, 0.29) is 17.9 Å². The summed E-state index contributed by atoms with van der Waals surface area (Å²) < 4.78 is 5.33. The van der Waals surface area contributed by atoms with Gasteiger partial charge in [-0.25, -0.2) is 0 Å². The molecular formula is C26H36N2O3. The SMILES string of the molecule is CC[C@@H](C)NC(=O)[C@@H](CC)N(Cc1cccc(OC)c1)C(=O)CCc1ccc(C)cc1. The lowest BCUT2D eigenvalue weighted by Crippen LogP contribution is -2.50. The predicted octanol–water partition coefficient (Wildman–Crippen LogP) is 4.66. The van der Waals surface area contributed by atoms with E-state index >= 15 is 0 Å². The number of carbonyl (C=O) groups excluding carboxylic acids is 2. The van der Waals surface area contributed by atoms with E-state index in [4.69, 9.17) is 4.74 Å². The van der Waals surface area contributed by atoms with E-state index in [9.17, 15) is 9.59 Å². The van der Waals surface area contributed by atoms with Gasteiger partial charge in [-0.1, -0.05) is 55.8 Å². The molecule has 0 fully saturated rings. The summed E-state index contributed by atoms with van der Waals surface area (Å²) in [4.78, 5) is 28.0. The van der Waals surface area contributed by atoms with Crippen molar-refractivity contribution in [2.75, 3.05) is 7.11 Å². The van der Waals surface area contributed by atoms with Crippen LogP contribution in [0.3, 0.4) is 0 Å². The molecule has 0 saturated heterocycles. The van der Waals surface area contributed by atoms with Crippen molar-refractivity contribution in [1.82, 2.24) is 10.2 Å². The van der Waals surface area contributed by atoms with Crippen molar-refractivity contribution in [3.05, 3.63) is 65.2 Å². The lowest BCUT2D eigenvalue weighted by molar-refractivity contribution is -0.141. The third-order valence-corrected chi connectivity index (χ3v) is 5.62. The van der Waals surface area contributed by atoms with Crippen LogP contribution in [0.2, 0.25) is 0 Å². The van der Waals surface area contributed by atoms with Crippen LogP contribution < -0.4 is 10.1 Å². The molecule has 168 valence electrons. The van der Waals surface area contributed by atoms with Gasteiger partial charge in [0.05, 0.1) is 7.11 Å². The van der Waals surface area contributed by atoms with Crippen molar-refractivity contribution in [3.63, 3.8) is 0 Å². The maximum atomic E-state index is 13.3. The Morgan fingerprint density at radius 1 is 1.03 bits per heavy atom. The fraction of sp³-hybridized carbons (Fsp3) is 0.462. The van der Waals surface area contributed by atoms with Crippen molar-refractivity contribution in [1.29, 1.82) is 0 Å². The van der Waals surface area contributed by atoms with E-state index in [0.29, 0.717) is 25.8 Å². The van der Waals surface area contributed by atoms with E-state index < -0.39 is 6.04 Å². The molecule has 31 heavy (non-hydrogen) atoms. The van der Waals surface area contributed by atoms with Crippen LogP contribution in [0.4, 0.5) is 0 Å². The molecule has 5 nitrogen and oxygen atoms in total. The summed E-state index contributed by atoms with van der Waals surface area (Å²) in [5.41, 5.74) is 3.26. The van der Waals surface area contributed by atoms with Crippen molar-refractivity contribution >= 4 is 11.8 Å². The molecule has 0 spiro atoms. The minimum atomic E-state index is -0.509. The molecule has 2 rings (SSSR count). The first-order chi connectivity index (χ1) is 14.9. The zero-order valence-corrected chi connectivity index (χ0v) is 19.5. The minimum Gasteiger partial charge on any atom is -0.497 e. The number of hydrogen-bond donors (Lipinski definition) is 1. The second-order valence-corrected chi connectivity index (χ2v) is 8.10. The van der Waals surface area contributed by atoms with Gasteiger partial charge >= 0.3 is 0 Å². The number of benzene rings is 2. The van der Waals surface area contributed by atoms with Crippen LogP contribution in [0, 0.1) is 6.92 Å². The van der Waals surface area contributed by atoms with Gasteiger partial charge in [-0.05, 0) is 56.4 Å². The summed E-state index contributed by atoms with van der Waals surface area (Å²) in [5.74, 6) is 0.625. The van der Waals surface area contributed by atoms with Crippen LogP contribution in [0.5, 0.6) is 5.75 Å². The van der Waals surface area contributed by atoms with Crippen molar-refractivity contribution in [3.8, 4) is 5.75 Å². The van der Waals surface area contributed by atoms with Gasteiger partial charge in [-0.2, -0.15) is 0 Å². The number of amides is 2. The van der Waals surface area contributed by atoms with E-state index in [2.05, 4.69) is 29.6 Å². The van der Waals surface area contributed by atoms with Crippen molar-refractivity contribution in [2.45, 2.75) is 72.0 Å². The number of aryl methyl sites for hydroxylation is 2. The molecule has 5 heteroatoms. The number of carbonyl (C=O) groups is 2. The Morgan fingerprint density at radius 2 is 1.74 bits per heavy atom. The van der Waals surface area contributed by atoms with E-state index in [0.717, 1.165) is 23.3 Å². The Morgan fingerprint density at radius 3 is 2.35 bits per heavy atom. The maximum absolute atomic E-state index is 13.3. The number of nitrogens with one attached hydrogen (secondary N) is 1. The highest BCUT2D eigenvalue weighted by molar-refractivity contribution is 5.88. The molecule has 2 amide bonds. The fourth-order valence-electron chi connectivity index (χ4n) is 3.48. The van der Waals surface area contributed by atoms with Gasteiger partial charge in [-0.3, -0.25) is 9.59 Å². The number of nitrogens with zero attached hydrogens (tertiary/aromatic N) is 1. The quantitative estimate of drug-likeness (QED) is 0.571. The lowest BCUT2D eigenvalue weighted by Gasteiger charge is -2.31. The maximum Gasteiger partial charge on any atom is 0.243 e. The highest BCUT2D eigenvalue weighted by atomic mass is 16.5. The topological polar surface area (TPSA) is 58.6 Å². The highest BCUT2D eigenvalue weighted by Gasteiger charge is 2.29. The average molecular weight is 425 g/mol. The summed E-state index contributed by atoms with van der Waals surface area (Å²) in [7, 11) is 1.62. The van der Waals surface area contributed by atoms with Crippen LogP contribution in [-0.2, 0) is 22.6 Å². The first kappa shape index (κ1) is 24.4. The number of rotatable bonds is 11. The fourth-order valence-corrected chi connectivity index (χ4v) is 3.48. The molecule has 0 aliphatic carbocycles. The Hall–Kier alpha value is -2.82. The first-order valence-corrected chi connectivity index (χ1v) is 11.2. The van der Waals surface area contributed by atoms with Crippen molar-refractivity contribution in [2.24, 2.45) is 0 Å². The summed E-state index contributed by atoms with van der Waals surface area (Å²) in [6.07, 6.45) is 2.42. The van der Waals surface area contributed by atoms with E-state index in [1.807, 2.05) is 52.0 Å². The Bertz CT molecular complexity index is 848. The Labute approximate surface area is 186 Å². The predicted molar refractivity (Wildman–Crippen MR) is 125 cm³/mol. The molecule has 0 aromatic heterocycles. The summed E-state index contributed by atoms with van der Waals surface area (Å²) >= 11 is 0. The molecule has 2 aromatic rings. The van der Waals surface area contributed by atoms with E-state index in [1.165, 1.54) is 5.56 Å². The number of hydrogen-bond acceptors (Lipinski definition) is 3. The summed E-state index contributed by atoms with van der Waals surface area (Å²) in [6.45, 7) is 8.39. The smallest absolute Gasteiger partial charge is 0.243 e. The molecule has 0 bridgehead atoms. The molecule has 0 radical (unpaired) electrons. The lowest BCUT2D eigenvalue weighted by atomic mass is 10.0. The number of ether oxygens (including phenoxy) is 1. The normalized spacial score (nSPS) is 12.7. The number of methoxy groups -OCH3 is 1. The van der Waals surface area contributed by atoms with Gasteiger partial charge in [0.1, 0.15) is 11.8 Å². The molecule has 0 saturated carbocycles. The zero-order chi connectivity index (χ0) is 22.8. The standard InChI is InChI=1S/C26H36N2O3/c1-6-20(4)27-26(30)24(7-2)28(18-22-9-8-10-23(17-22)31-5)25(29)16-15-21-13-11-19(3)12-14-21/h8-14,17,20,24H,6-7,15-16,18H2,1-5H3,(H,27,30)/t20-,24-/m1/s1. The van der Waals surface area contributed by atoms with Crippen LogP contribution in [-0.4, -0.2) is 35.9 Å². The molecule has 0 heterocycles. The van der Waals surface area contributed by atoms with E-state index in [1.54, 1.807) is 12.0 Å². The average Bonchev–Trinajstić information content (AvgIpc) is 2.78. The molecule has 0 aliphatic heterocycles. The second-order valence-electron chi connectivity index (χ2n) is 8.10. The summed E-state index contributed by atoms with van der Waals surface area (Å²) in [5, 5.41) is 3.05. The van der Waals surface area contributed by atoms with Gasteiger partial charge in [0.25, 0.3) is 0 Å². The van der Waals surface area contributed by atoms with Gasteiger partial charge in [0, 0.05) is 19.0 Å². The molecule has 0 unspecified atom stereocenters. The minimum absolute atomic E-state index is 0.0189. The molecular weight excluding hydrogens is 388 g/mol. The Kier molecular flexibility index (Phi) is 9.57. The molecule has 2 atom stereocenters. The van der Waals surface area contributed by atoms with Crippen molar-refractivity contribution < 1.29 is 14.3 Å². The molecule has 1 N–H and O–H groups in total. The van der Waals surface area contributed by atoms with Gasteiger partial charge in [-0.15, -0.1) is 0 Å². The Balaban J connectivity index is 2.22. The largest absolute Gasteiger partial charge is 0.497 e. The zero-order valence-electron chi connectivity index (χ0n) is 19.5. The monoisotopic (exact) mass is 424 g/mol. The van der Waals surface area contributed by atoms with Gasteiger partial charge in [0.15, 0.2) is 0 Å². The first-order valence-electron chi connectivity index (χ1n) is 11.2. The second kappa shape index (κ2) is 12.1. The van der Waals surface area contributed by atoms with Gasteiger partial charge < -0.3 is 15.0 Å².